The summed E-state index contributed by atoms with van der Waals surface area (Å²) in [6.07, 6.45) is -0.108. The van der Waals surface area contributed by atoms with Gasteiger partial charge in [0.2, 0.25) is 0 Å². The van der Waals surface area contributed by atoms with Crippen molar-refractivity contribution in [2.24, 2.45) is 5.92 Å². The van der Waals surface area contributed by atoms with Gasteiger partial charge in [0.1, 0.15) is 0 Å². The molecular weight excluding hydrogens is 148 g/mol. The Hall–Kier alpha value is -0.610. The fourth-order valence-electron chi connectivity index (χ4n) is 1.02. The zero-order valence-corrected chi connectivity index (χ0v) is 6.45. The van der Waals surface area contributed by atoms with Crippen molar-refractivity contribution in [3.05, 3.63) is 0 Å². The van der Waals surface area contributed by atoms with Gasteiger partial charge < -0.3 is 14.6 Å². The van der Waals surface area contributed by atoms with E-state index < -0.39 is 6.29 Å². The van der Waals surface area contributed by atoms with Crippen LogP contribution in [0.4, 0.5) is 0 Å². The summed E-state index contributed by atoms with van der Waals surface area (Å²) in [5, 5.41) is 8.90. The number of esters is 1. The minimum atomic E-state index is -0.671. The van der Waals surface area contributed by atoms with Crippen molar-refractivity contribution in [2.75, 3.05) is 13.2 Å². The molecule has 2 unspecified atom stereocenters. The highest BCUT2D eigenvalue weighted by atomic mass is 16.6. The van der Waals surface area contributed by atoms with Gasteiger partial charge in [0.15, 0.2) is 6.29 Å². The van der Waals surface area contributed by atoms with Crippen molar-refractivity contribution in [3.8, 4) is 0 Å². The van der Waals surface area contributed by atoms with Crippen molar-refractivity contribution in [1.29, 1.82) is 0 Å². The molecule has 4 heteroatoms. The van der Waals surface area contributed by atoms with Gasteiger partial charge in [0.25, 0.3) is 0 Å². The molecule has 2 atom stereocenters. The maximum absolute atomic E-state index is 10.4. The predicted octanol–water partition coefficient (Wildman–Crippen LogP) is -0.0956. The Kier molecular flexibility index (Phi) is 2.84. The summed E-state index contributed by atoms with van der Waals surface area (Å²) in [6.45, 7) is 2.20. The first-order valence-corrected chi connectivity index (χ1v) is 3.61. The quantitative estimate of drug-likeness (QED) is 0.573. The van der Waals surface area contributed by atoms with Gasteiger partial charge >= 0.3 is 5.97 Å². The molecule has 0 spiro atoms. The lowest BCUT2D eigenvalue weighted by atomic mass is 10.1. The third-order valence-corrected chi connectivity index (χ3v) is 1.58. The van der Waals surface area contributed by atoms with Crippen molar-refractivity contribution >= 4 is 5.97 Å². The van der Waals surface area contributed by atoms with E-state index in [1.165, 1.54) is 6.92 Å². The van der Waals surface area contributed by atoms with E-state index in [0.29, 0.717) is 19.6 Å². The van der Waals surface area contributed by atoms with Crippen LogP contribution in [-0.4, -0.2) is 30.6 Å². The molecule has 0 aromatic rings. The van der Waals surface area contributed by atoms with Gasteiger partial charge in [-0.05, 0) is 0 Å². The highest BCUT2D eigenvalue weighted by Gasteiger charge is 2.23. The number of ether oxygens (including phenoxy) is 2. The fraction of sp³-hybridized carbons (Fsp3) is 0.857. The number of aliphatic hydroxyl groups excluding tert-OH is 1. The Labute approximate surface area is 65.1 Å². The Morgan fingerprint density at radius 1 is 1.82 bits per heavy atom. The molecule has 1 fully saturated rings. The second kappa shape index (κ2) is 3.69. The van der Waals surface area contributed by atoms with Gasteiger partial charge in [-0.25, -0.2) is 0 Å². The van der Waals surface area contributed by atoms with Crippen molar-refractivity contribution in [3.63, 3.8) is 0 Å². The van der Waals surface area contributed by atoms with Gasteiger partial charge in [-0.3, -0.25) is 4.79 Å². The summed E-state index contributed by atoms with van der Waals surface area (Å²) in [7, 11) is 0. The van der Waals surface area contributed by atoms with Crippen LogP contribution in [-0.2, 0) is 14.3 Å². The summed E-state index contributed by atoms with van der Waals surface area (Å²) >= 11 is 0. The van der Waals surface area contributed by atoms with Crippen molar-refractivity contribution in [2.45, 2.75) is 19.6 Å². The Balaban J connectivity index is 2.13. The number of hydrogen-bond donors (Lipinski definition) is 1. The highest BCUT2D eigenvalue weighted by Crippen LogP contribution is 2.17. The molecule has 1 saturated heterocycles. The van der Waals surface area contributed by atoms with Gasteiger partial charge in [-0.15, -0.1) is 0 Å². The summed E-state index contributed by atoms with van der Waals surface area (Å²) in [5.74, 6) is -0.125. The van der Waals surface area contributed by atoms with Gasteiger partial charge in [-0.2, -0.15) is 0 Å². The largest absolute Gasteiger partial charge is 0.465 e. The zero-order valence-electron chi connectivity index (χ0n) is 6.45. The molecule has 0 aliphatic carbocycles. The topological polar surface area (TPSA) is 55.8 Å². The minimum absolute atomic E-state index is 0.161. The van der Waals surface area contributed by atoms with E-state index in [2.05, 4.69) is 0 Å². The molecule has 1 heterocycles. The molecule has 0 saturated carbocycles. The molecule has 11 heavy (non-hydrogen) atoms. The number of aliphatic hydroxyl groups is 1. The predicted molar refractivity (Wildman–Crippen MR) is 36.7 cm³/mol. The van der Waals surface area contributed by atoms with E-state index in [1.54, 1.807) is 0 Å². The van der Waals surface area contributed by atoms with Crippen LogP contribution in [0.2, 0.25) is 0 Å². The van der Waals surface area contributed by atoms with Crippen LogP contribution in [0.15, 0.2) is 0 Å². The van der Waals surface area contributed by atoms with E-state index in [-0.39, 0.29) is 11.9 Å². The van der Waals surface area contributed by atoms with Gasteiger partial charge in [0, 0.05) is 19.3 Å². The zero-order chi connectivity index (χ0) is 8.27. The lowest BCUT2D eigenvalue weighted by molar-refractivity contribution is -0.142. The number of carbonyl (C=O) groups excluding carboxylic acids is 1. The fourth-order valence-corrected chi connectivity index (χ4v) is 1.02. The molecule has 4 nitrogen and oxygen atoms in total. The van der Waals surface area contributed by atoms with Gasteiger partial charge in [0.05, 0.1) is 13.2 Å². The summed E-state index contributed by atoms with van der Waals surface area (Å²) in [4.78, 5) is 10.4. The van der Waals surface area contributed by atoms with E-state index in [1.807, 2.05) is 0 Å². The smallest absolute Gasteiger partial charge is 0.302 e. The number of hydrogen-bond acceptors (Lipinski definition) is 4. The molecule has 64 valence electrons. The lowest BCUT2D eigenvalue weighted by Crippen LogP contribution is -2.12. The van der Waals surface area contributed by atoms with E-state index >= 15 is 0 Å². The Morgan fingerprint density at radius 2 is 2.55 bits per heavy atom. The first-order valence-electron chi connectivity index (χ1n) is 3.61. The van der Waals surface area contributed by atoms with Crippen LogP contribution in [0.3, 0.4) is 0 Å². The van der Waals surface area contributed by atoms with Crippen molar-refractivity contribution in [1.82, 2.24) is 0 Å². The molecule has 0 aromatic heterocycles. The van der Waals surface area contributed by atoms with E-state index in [9.17, 15) is 4.79 Å². The highest BCUT2D eigenvalue weighted by molar-refractivity contribution is 5.65. The first kappa shape index (κ1) is 8.49. The number of carbonyl (C=O) groups is 1. The van der Waals surface area contributed by atoms with Crippen molar-refractivity contribution < 1.29 is 19.4 Å². The third-order valence-electron chi connectivity index (χ3n) is 1.58. The third kappa shape index (κ3) is 2.86. The van der Waals surface area contributed by atoms with E-state index in [0.717, 1.165) is 0 Å². The van der Waals surface area contributed by atoms with Crippen LogP contribution in [0, 0.1) is 5.92 Å². The van der Waals surface area contributed by atoms with Crippen LogP contribution in [0.5, 0.6) is 0 Å². The molecule has 0 bridgehead atoms. The van der Waals surface area contributed by atoms with Crippen LogP contribution >= 0.6 is 0 Å². The second-order valence-corrected chi connectivity index (χ2v) is 2.69. The average Bonchev–Trinajstić information content (AvgIpc) is 2.31. The monoisotopic (exact) mass is 160 g/mol. The molecule has 0 aromatic carbocycles. The Morgan fingerprint density at radius 3 is 3.00 bits per heavy atom. The molecule has 1 aliphatic rings. The van der Waals surface area contributed by atoms with E-state index in [4.69, 9.17) is 14.6 Å². The normalized spacial score (nSPS) is 30.4. The molecule has 1 aliphatic heterocycles. The van der Waals surface area contributed by atoms with Gasteiger partial charge in [-0.1, -0.05) is 0 Å². The molecule has 1 rings (SSSR count). The standard InChI is InChI=1S/C7H12O4/c1-5(8)10-3-6-2-7(9)11-4-6/h6-7,9H,2-4H2,1H3. The summed E-state index contributed by atoms with van der Waals surface area (Å²) in [6, 6.07) is 0. The molecular formula is C7H12O4. The maximum atomic E-state index is 10.4. The number of rotatable bonds is 2. The SMILES string of the molecule is CC(=O)OCC1COC(O)C1. The summed E-state index contributed by atoms with van der Waals surface area (Å²) in [5.41, 5.74) is 0. The minimum Gasteiger partial charge on any atom is -0.465 e. The van der Waals surface area contributed by atoms with Crippen LogP contribution in [0.25, 0.3) is 0 Å². The van der Waals surface area contributed by atoms with Crippen LogP contribution < -0.4 is 0 Å². The molecule has 1 N–H and O–H groups in total. The van der Waals surface area contributed by atoms with Crippen LogP contribution in [0.1, 0.15) is 13.3 Å². The summed E-state index contributed by atoms with van der Waals surface area (Å²) < 4.78 is 9.61. The maximum Gasteiger partial charge on any atom is 0.302 e. The Bertz CT molecular complexity index is 145. The second-order valence-electron chi connectivity index (χ2n) is 2.69. The first-order chi connectivity index (χ1) is 5.18. The average molecular weight is 160 g/mol. The molecule has 0 radical (unpaired) electrons. The lowest BCUT2D eigenvalue weighted by Gasteiger charge is -2.05. The molecule has 0 amide bonds.